The van der Waals surface area contributed by atoms with Gasteiger partial charge in [-0.25, -0.2) is 9.37 Å². The molecule has 0 radical (unpaired) electrons. The molecule has 0 saturated heterocycles. The van der Waals surface area contributed by atoms with Crippen LogP contribution in [0.4, 0.5) is 4.39 Å². The topological polar surface area (TPSA) is 39.8 Å². The lowest BCUT2D eigenvalue weighted by molar-refractivity contribution is 0.596. The Labute approximate surface area is 166 Å². The molecule has 0 aliphatic carbocycles. The number of benzene rings is 3. The van der Waals surface area contributed by atoms with Crippen LogP contribution in [0.5, 0.6) is 0 Å². The molecule has 0 amide bonds. The number of hydrogen-bond donors (Lipinski definition) is 0. The van der Waals surface area contributed by atoms with Gasteiger partial charge < -0.3 is 4.57 Å². The van der Waals surface area contributed by atoms with Crippen LogP contribution in [0.2, 0.25) is 0 Å². The molecule has 0 atom stereocenters. The first-order chi connectivity index (χ1) is 14.1. The van der Waals surface area contributed by atoms with Crippen molar-refractivity contribution >= 4 is 21.7 Å². The Morgan fingerprint density at radius 1 is 0.966 bits per heavy atom. The summed E-state index contributed by atoms with van der Waals surface area (Å²) in [6, 6.07) is 18.4. The predicted molar refractivity (Wildman–Crippen MR) is 113 cm³/mol. The van der Waals surface area contributed by atoms with Gasteiger partial charge >= 0.3 is 0 Å². The Bertz CT molecular complexity index is 1430. The first-order valence-corrected chi connectivity index (χ1v) is 9.38. The largest absolute Gasteiger partial charge is 0.356 e. The molecule has 0 fully saturated rings. The molecule has 2 aromatic heterocycles. The van der Waals surface area contributed by atoms with Crippen LogP contribution < -0.4 is 5.56 Å². The van der Waals surface area contributed by atoms with Crippen LogP contribution in [0.3, 0.4) is 0 Å². The third-order valence-corrected chi connectivity index (χ3v) is 5.25. The van der Waals surface area contributed by atoms with Crippen molar-refractivity contribution in [3.63, 3.8) is 0 Å². The van der Waals surface area contributed by atoms with Crippen molar-refractivity contribution in [3.8, 4) is 11.1 Å². The Hall–Kier alpha value is -3.73. The van der Waals surface area contributed by atoms with Gasteiger partial charge in [-0.2, -0.15) is 0 Å². The number of halogens is 1. The molecule has 5 heteroatoms. The van der Waals surface area contributed by atoms with Gasteiger partial charge in [-0.1, -0.05) is 42.5 Å². The van der Waals surface area contributed by atoms with Crippen molar-refractivity contribution in [1.82, 2.24) is 14.1 Å². The minimum Gasteiger partial charge on any atom is -0.356 e. The van der Waals surface area contributed by atoms with E-state index in [1.54, 1.807) is 24.3 Å². The lowest BCUT2D eigenvalue weighted by Gasteiger charge is -2.10. The molecule has 0 saturated carbocycles. The maximum atomic E-state index is 14.9. The van der Waals surface area contributed by atoms with Crippen molar-refractivity contribution in [2.24, 2.45) is 7.05 Å². The quantitative estimate of drug-likeness (QED) is 0.451. The van der Waals surface area contributed by atoms with E-state index in [9.17, 15) is 9.18 Å². The Kier molecular flexibility index (Phi) is 4.02. The van der Waals surface area contributed by atoms with Gasteiger partial charge in [0, 0.05) is 30.4 Å². The number of aromatic nitrogens is 3. The van der Waals surface area contributed by atoms with Gasteiger partial charge in [0.2, 0.25) is 0 Å². The maximum Gasteiger partial charge on any atom is 0.261 e. The van der Waals surface area contributed by atoms with E-state index in [1.165, 1.54) is 17.0 Å². The summed E-state index contributed by atoms with van der Waals surface area (Å²) in [7, 11) is 1.97. The molecule has 3 aromatic carbocycles. The first-order valence-electron chi connectivity index (χ1n) is 9.38. The van der Waals surface area contributed by atoms with E-state index >= 15 is 0 Å². The molecule has 5 rings (SSSR count). The zero-order valence-electron chi connectivity index (χ0n) is 15.8. The number of hydrogen-bond acceptors (Lipinski definition) is 2. The summed E-state index contributed by atoms with van der Waals surface area (Å²) in [6.07, 6.45) is 5.56. The minimum atomic E-state index is -0.338. The highest BCUT2D eigenvalue weighted by molar-refractivity contribution is 5.96. The summed E-state index contributed by atoms with van der Waals surface area (Å²) in [5, 5.41) is 2.73. The van der Waals surface area contributed by atoms with E-state index in [0.29, 0.717) is 16.5 Å². The van der Waals surface area contributed by atoms with Crippen molar-refractivity contribution in [2.45, 2.75) is 6.54 Å². The maximum absolute atomic E-state index is 14.9. The van der Waals surface area contributed by atoms with Gasteiger partial charge in [0.15, 0.2) is 0 Å². The van der Waals surface area contributed by atoms with E-state index in [0.717, 1.165) is 21.9 Å². The second-order valence-corrected chi connectivity index (χ2v) is 7.23. The third kappa shape index (κ3) is 3.01. The monoisotopic (exact) mass is 383 g/mol. The Morgan fingerprint density at radius 2 is 1.83 bits per heavy atom. The number of nitrogens with zero attached hydrogens (tertiary/aromatic N) is 3. The van der Waals surface area contributed by atoms with E-state index in [1.807, 2.05) is 54.3 Å². The van der Waals surface area contributed by atoms with Gasteiger partial charge in [0.1, 0.15) is 5.82 Å². The van der Waals surface area contributed by atoms with E-state index in [2.05, 4.69) is 4.98 Å². The molecule has 4 nitrogen and oxygen atoms in total. The van der Waals surface area contributed by atoms with E-state index in [4.69, 9.17) is 0 Å². The zero-order valence-corrected chi connectivity index (χ0v) is 15.8. The second-order valence-electron chi connectivity index (χ2n) is 7.23. The smallest absolute Gasteiger partial charge is 0.261 e. The average Bonchev–Trinajstić information content (AvgIpc) is 3.12. The molecule has 5 aromatic rings. The molecule has 0 aliphatic rings. The molecular weight excluding hydrogens is 365 g/mol. The highest BCUT2D eigenvalue weighted by Crippen LogP contribution is 2.30. The fourth-order valence-corrected chi connectivity index (χ4v) is 3.80. The Morgan fingerprint density at radius 3 is 2.69 bits per heavy atom. The van der Waals surface area contributed by atoms with Gasteiger partial charge in [-0.15, -0.1) is 0 Å². The number of fused-ring (bicyclic) bond motifs is 2. The molecule has 0 N–H and O–H groups in total. The predicted octanol–water partition coefficient (Wildman–Crippen LogP) is 4.74. The zero-order chi connectivity index (χ0) is 20.0. The normalized spacial score (nSPS) is 11.4. The molecule has 0 spiro atoms. The fourth-order valence-electron chi connectivity index (χ4n) is 3.80. The molecule has 0 unspecified atom stereocenters. The van der Waals surface area contributed by atoms with Crippen LogP contribution in [0.25, 0.3) is 32.8 Å². The van der Waals surface area contributed by atoms with Crippen molar-refractivity contribution in [1.29, 1.82) is 0 Å². The summed E-state index contributed by atoms with van der Waals surface area (Å²) in [5.41, 5.74) is 2.71. The van der Waals surface area contributed by atoms with Crippen molar-refractivity contribution in [2.75, 3.05) is 0 Å². The summed E-state index contributed by atoms with van der Waals surface area (Å²) in [5.74, 6) is -0.338. The Balaban J connectivity index is 1.54. The third-order valence-electron chi connectivity index (χ3n) is 5.25. The summed E-state index contributed by atoms with van der Waals surface area (Å²) >= 11 is 0. The van der Waals surface area contributed by atoms with E-state index in [-0.39, 0.29) is 17.9 Å². The van der Waals surface area contributed by atoms with Crippen LogP contribution in [0.15, 0.2) is 84.2 Å². The molecule has 2 heterocycles. The van der Waals surface area contributed by atoms with Gasteiger partial charge in [-0.3, -0.25) is 9.36 Å². The first kappa shape index (κ1) is 17.4. The molecule has 142 valence electrons. The summed E-state index contributed by atoms with van der Waals surface area (Å²) < 4.78 is 18.4. The van der Waals surface area contributed by atoms with Crippen LogP contribution >= 0.6 is 0 Å². The highest BCUT2D eigenvalue weighted by atomic mass is 19.1. The fraction of sp³-hybridized carbons (Fsp3) is 0.0833. The van der Waals surface area contributed by atoms with E-state index < -0.39 is 0 Å². The second kappa shape index (κ2) is 6.71. The SMILES string of the molecule is Cn1cc2cccc(-c3ccc(Cn4cnc5ccccc5c4=O)c(F)c3)c2c1. The van der Waals surface area contributed by atoms with Crippen LogP contribution in [0, 0.1) is 5.82 Å². The lowest BCUT2D eigenvalue weighted by Crippen LogP contribution is -2.21. The standard InChI is InChI=1S/C24H18FN3O/c1-27-12-17-5-4-7-19(21(17)14-27)16-9-10-18(22(25)11-16)13-28-15-26-23-8-3-2-6-20(23)24(28)29/h2-12,14-15H,13H2,1H3. The molecule has 0 aliphatic heterocycles. The van der Waals surface area contributed by atoms with Crippen molar-refractivity contribution < 1.29 is 4.39 Å². The number of para-hydroxylation sites is 1. The van der Waals surface area contributed by atoms with Gasteiger partial charge in [0.25, 0.3) is 5.56 Å². The minimum absolute atomic E-state index is 0.137. The van der Waals surface area contributed by atoms with Crippen LogP contribution in [-0.4, -0.2) is 14.1 Å². The van der Waals surface area contributed by atoms with Crippen LogP contribution in [-0.2, 0) is 13.6 Å². The van der Waals surface area contributed by atoms with Crippen LogP contribution in [0.1, 0.15) is 5.56 Å². The average molecular weight is 383 g/mol. The summed E-state index contributed by atoms with van der Waals surface area (Å²) in [4.78, 5) is 17.0. The number of aryl methyl sites for hydroxylation is 1. The molecule has 0 bridgehead atoms. The summed E-state index contributed by atoms with van der Waals surface area (Å²) in [6.45, 7) is 0.137. The van der Waals surface area contributed by atoms with Gasteiger partial charge in [0.05, 0.1) is 23.8 Å². The molecular formula is C24H18FN3O. The van der Waals surface area contributed by atoms with Crippen molar-refractivity contribution in [3.05, 3.63) is 101 Å². The lowest BCUT2D eigenvalue weighted by atomic mass is 9.99. The highest BCUT2D eigenvalue weighted by Gasteiger charge is 2.11. The number of rotatable bonds is 3. The van der Waals surface area contributed by atoms with Gasteiger partial charge in [-0.05, 0) is 34.7 Å². The molecule has 29 heavy (non-hydrogen) atoms.